The van der Waals surface area contributed by atoms with Crippen molar-refractivity contribution in [3.05, 3.63) is 59.8 Å². The number of halogens is 3. The molecule has 1 amide bonds. The standard InChI is InChI=1S/C21H20F3N3O2/c22-21(23,24)17-10-13(7-8-19(17)26-11-14-4-3-9-29-14)25-12-16-15-5-1-2-6-18(15)27-20(16)28/h1-2,5-8,10,12,14,25-26H,3-4,9,11H2,(H,27,28)/b16-12+. The lowest BCUT2D eigenvalue weighted by Crippen LogP contribution is -2.20. The predicted octanol–water partition coefficient (Wildman–Crippen LogP) is 4.70. The van der Waals surface area contributed by atoms with Crippen LogP contribution in [0.3, 0.4) is 0 Å². The maximum absolute atomic E-state index is 13.6. The average Bonchev–Trinajstić information content (AvgIpc) is 3.31. The first kappa shape index (κ1) is 19.3. The summed E-state index contributed by atoms with van der Waals surface area (Å²) in [6.07, 6.45) is -1.39. The van der Waals surface area contributed by atoms with Crippen LogP contribution < -0.4 is 16.0 Å². The molecule has 2 aliphatic rings. The van der Waals surface area contributed by atoms with E-state index >= 15 is 0 Å². The number of ether oxygens (including phenoxy) is 1. The molecule has 2 aromatic carbocycles. The molecule has 0 aliphatic carbocycles. The van der Waals surface area contributed by atoms with Crippen LogP contribution in [0.2, 0.25) is 0 Å². The number of carbonyl (C=O) groups excluding carboxylic acids is 1. The minimum absolute atomic E-state index is 0.00941. The van der Waals surface area contributed by atoms with Crippen molar-refractivity contribution in [2.24, 2.45) is 0 Å². The number of alkyl halides is 3. The molecule has 0 aromatic heterocycles. The predicted molar refractivity (Wildman–Crippen MR) is 106 cm³/mol. The van der Waals surface area contributed by atoms with Crippen LogP contribution in [0, 0.1) is 0 Å². The van der Waals surface area contributed by atoms with Gasteiger partial charge in [-0.05, 0) is 37.1 Å². The van der Waals surface area contributed by atoms with E-state index in [9.17, 15) is 18.0 Å². The van der Waals surface area contributed by atoms with E-state index in [2.05, 4.69) is 16.0 Å². The molecule has 3 N–H and O–H groups in total. The van der Waals surface area contributed by atoms with Crippen molar-refractivity contribution in [3.63, 3.8) is 0 Å². The number of anilines is 3. The van der Waals surface area contributed by atoms with Gasteiger partial charge in [-0.15, -0.1) is 0 Å². The van der Waals surface area contributed by atoms with E-state index in [-0.39, 0.29) is 23.4 Å². The smallest absolute Gasteiger partial charge is 0.382 e. The number of benzene rings is 2. The number of rotatable bonds is 5. The quantitative estimate of drug-likeness (QED) is 0.634. The maximum Gasteiger partial charge on any atom is 0.418 e. The van der Waals surface area contributed by atoms with E-state index in [0.717, 1.165) is 18.9 Å². The molecule has 4 rings (SSSR count). The zero-order valence-electron chi connectivity index (χ0n) is 15.5. The highest BCUT2D eigenvalue weighted by molar-refractivity contribution is 6.31. The van der Waals surface area contributed by atoms with Gasteiger partial charge in [-0.1, -0.05) is 18.2 Å². The molecule has 2 aliphatic heterocycles. The van der Waals surface area contributed by atoms with Gasteiger partial charge in [0.2, 0.25) is 0 Å². The largest absolute Gasteiger partial charge is 0.418 e. The van der Waals surface area contributed by atoms with Crippen LogP contribution in [0.25, 0.3) is 5.57 Å². The Bertz CT molecular complexity index is 950. The molecule has 1 saturated heterocycles. The van der Waals surface area contributed by atoms with Crippen molar-refractivity contribution in [3.8, 4) is 0 Å². The highest BCUT2D eigenvalue weighted by Gasteiger charge is 2.34. The molecule has 1 atom stereocenters. The fraction of sp³-hybridized carbons (Fsp3) is 0.286. The van der Waals surface area contributed by atoms with E-state index in [1.807, 2.05) is 0 Å². The zero-order valence-corrected chi connectivity index (χ0v) is 15.5. The molecular weight excluding hydrogens is 383 g/mol. The molecule has 0 spiro atoms. The van der Waals surface area contributed by atoms with Gasteiger partial charge in [0.15, 0.2) is 0 Å². The van der Waals surface area contributed by atoms with Crippen LogP contribution in [-0.4, -0.2) is 25.2 Å². The van der Waals surface area contributed by atoms with Gasteiger partial charge in [0, 0.05) is 42.0 Å². The average molecular weight is 403 g/mol. The number of para-hydroxylation sites is 1. The van der Waals surface area contributed by atoms with Gasteiger partial charge < -0.3 is 20.7 Å². The van der Waals surface area contributed by atoms with E-state index in [1.165, 1.54) is 12.3 Å². The molecule has 8 heteroatoms. The zero-order chi connectivity index (χ0) is 20.4. The summed E-state index contributed by atoms with van der Waals surface area (Å²) in [5.41, 5.74) is 1.23. The van der Waals surface area contributed by atoms with Crippen molar-refractivity contribution in [2.45, 2.75) is 25.1 Å². The summed E-state index contributed by atoms with van der Waals surface area (Å²) in [5, 5.41) is 8.40. The topological polar surface area (TPSA) is 62.4 Å². The lowest BCUT2D eigenvalue weighted by molar-refractivity contribution is -0.137. The third kappa shape index (κ3) is 4.22. The minimum atomic E-state index is -4.51. The number of carbonyl (C=O) groups is 1. The van der Waals surface area contributed by atoms with Gasteiger partial charge in [0.05, 0.1) is 17.2 Å². The Labute approximate surface area is 165 Å². The number of amides is 1. The van der Waals surface area contributed by atoms with Gasteiger partial charge in [-0.2, -0.15) is 13.2 Å². The highest BCUT2D eigenvalue weighted by Crippen LogP contribution is 2.37. The first-order valence-corrected chi connectivity index (χ1v) is 9.36. The van der Waals surface area contributed by atoms with Crippen LogP contribution in [0.5, 0.6) is 0 Å². The van der Waals surface area contributed by atoms with Crippen molar-refractivity contribution in [1.82, 2.24) is 0 Å². The van der Waals surface area contributed by atoms with Gasteiger partial charge in [-0.25, -0.2) is 0 Å². The lowest BCUT2D eigenvalue weighted by atomic mass is 10.1. The molecule has 5 nitrogen and oxygen atoms in total. The molecule has 0 radical (unpaired) electrons. The Morgan fingerprint density at radius 3 is 2.79 bits per heavy atom. The molecule has 2 aromatic rings. The van der Waals surface area contributed by atoms with E-state index in [4.69, 9.17) is 4.74 Å². The molecule has 29 heavy (non-hydrogen) atoms. The first-order chi connectivity index (χ1) is 13.9. The Morgan fingerprint density at radius 2 is 2.03 bits per heavy atom. The van der Waals surface area contributed by atoms with Gasteiger partial charge in [-0.3, -0.25) is 4.79 Å². The van der Waals surface area contributed by atoms with E-state index in [0.29, 0.717) is 30.0 Å². The first-order valence-electron chi connectivity index (χ1n) is 9.36. The Balaban J connectivity index is 1.54. The molecule has 0 saturated carbocycles. The number of hydrogen-bond donors (Lipinski definition) is 3. The second kappa shape index (κ2) is 7.79. The van der Waals surface area contributed by atoms with Crippen LogP contribution in [-0.2, 0) is 15.7 Å². The highest BCUT2D eigenvalue weighted by atomic mass is 19.4. The van der Waals surface area contributed by atoms with Crippen LogP contribution in [0.4, 0.5) is 30.2 Å². The third-order valence-electron chi connectivity index (χ3n) is 4.96. The fourth-order valence-electron chi connectivity index (χ4n) is 3.49. The van der Waals surface area contributed by atoms with Crippen molar-refractivity contribution >= 4 is 28.5 Å². The number of nitrogens with one attached hydrogen (secondary N) is 3. The summed E-state index contributed by atoms with van der Waals surface area (Å²) in [4.78, 5) is 12.1. The summed E-state index contributed by atoms with van der Waals surface area (Å²) in [6, 6.07) is 11.1. The van der Waals surface area contributed by atoms with Crippen LogP contribution >= 0.6 is 0 Å². The van der Waals surface area contributed by atoms with Crippen molar-refractivity contribution < 1.29 is 22.7 Å². The molecular formula is C21H20F3N3O2. The Morgan fingerprint density at radius 1 is 1.21 bits per heavy atom. The van der Waals surface area contributed by atoms with Gasteiger partial charge in [0.1, 0.15) is 0 Å². The second-order valence-electron chi connectivity index (χ2n) is 6.98. The fourth-order valence-corrected chi connectivity index (χ4v) is 3.49. The van der Waals surface area contributed by atoms with Crippen LogP contribution in [0.1, 0.15) is 24.0 Å². The lowest BCUT2D eigenvalue weighted by Gasteiger charge is -2.18. The van der Waals surface area contributed by atoms with Gasteiger partial charge >= 0.3 is 6.18 Å². The Hall–Kier alpha value is -3.00. The molecule has 0 bridgehead atoms. The monoisotopic (exact) mass is 403 g/mol. The van der Waals surface area contributed by atoms with Crippen molar-refractivity contribution in [1.29, 1.82) is 0 Å². The maximum atomic E-state index is 13.6. The number of fused-ring (bicyclic) bond motifs is 1. The summed E-state index contributed by atoms with van der Waals surface area (Å²) in [5.74, 6) is -0.301. The van der Waals surface area contributed by atoms with Gasteiger partial charge in [0.25, 0.3) is 5.91 Å². The SMILES string of the molecule is O=C1Nc2ccccc2/C1=C\Nc1ccc(NCC2CCCO2)c(C(F)(F)F)c1. The normalized spacial score (nSPS) is 19.9. The summed E-state index contributed by atoms with van der Waals surface area (Å²) >= 11 is 0. The Kier molecular flexibility index (Phi) is 5.19. The van der Waals surface area contributed by atoms with E-state index in [1.54, 1.807) is 30.3 Å². The molecule has 152 valence electrons. The second-order valence-corrected chi connectivity index (χ2v) is 6.98. The number of hydrogen-bond acceptors (Lipinski definition) is 4. The van der Waals surface area contributed by atoms with Crippen molar-refractivity contribution in [2.75, 3.05) is 29.1 Å². The molecule has 1 unspecified atom stereocenters. The summed E-state index contributed by atoms with van der Waals surface area (Å²) < 4.78 is 46.1. The molecule has 2 heterocycles. The third-order valence-corrected chi connectivity index (χ3v) is 4.96. The minimum Gasteiger partial charge on any atom is -0.382 e. The molecule has 1 fully saturated rings. The summed E-state index contributed by atoms with van der Waals surface area (Å²) in [7, 11) is 0. The van der Waals surface area contributed by atoms with E-state index < -0.39 is 11.7 Å². The summed E-state index contributed by atoms with van der Waals surface area (Å²) in [6.45, 7) is 0.976. The van der Waals surface area contributed by atoms with Crippen LogP contribution in [0.15, 0.2) is 48.7 Å².